The van der Waals surface area contributed by atoms with Crippen molar-refractivity contribution in [3.05, 3.63) is 35.4 Å². The first-order chi connectivity index (χ1) is 11.9. The van der Waals surface area contributed by atoms with Crippen LogP contribution in [0.15, 0.2) is 24.3 Å². The lowest BCUT2D eigenvalue weighted by Gasteiger charge is -2.33. The highest BCUT2D eigenvalue weighted by Gasteiger charge is 2.38. The normalized spacial score (nSPS) is 16.3. The smallest absolute Gasteiger partial charge is 0.313 e. The standard InChI is InChI=1S/C19H26NO5P/c1-18(2,3)11-14(19(4,5)6)17(23)24-26-25-20-15(21)12-9-7-8-10-13(12)16(20)22/h7-10,14,26H,11H2,1-6H3. The van der Waals surface area contributed by atoms with Crippen molar-refractivity contribution in [2.45, 2.75) is 48.0 Å². The van der Waals surface area contributed by atoms with E-state index in [1.165, 1.54) is 0 Å². The van der Waals surface area contributed by atoms with Crippen LogP contribution in [-0.4, -0.2) is 22.8 Å². The predicted molar refractivity (Wildman–Crippen MR) is 99.5 cm³/mol. The summed E-state index contributed by atoms with van der Waals surface area (Å²) in [6.07, 6.45) is 0.660. The molecule has 0 N–H and O–H groups in total. The third-order valence-electron chi connectivity index (χ3n) is 4.17. The van der Waals surface area contributed by atoms with Gasteiger partial charge in [-0.25, -0.2) is 4.62 Å². The highest BCUT2D eigenvalue weighted by molar-refractivity contribution is 7.27. The van der Waals surface area contributed by atoms with Crippen LogP contribution in [-0.2, 0) is 13.9 Å². The van der Waals surface area contributed by atoms with E-state index in [0.717, 1.165) is 0 Å². The minimum Gasteiger partial charge on any atom is -0.417 e. The molecule has 0 radical (unpaired) electrons. The van der Waals surface area contributed by atoms with E-state index in [0.29, 0.717) is 11.5 Å². The summed E-state index contributed by atoms with van der Waals surface area (Å²) in [5.74, 6) is -1.80. The second-order valence-corrected chi connectivity index (χ2v) is 9.28. The van der Waals surface area contributed by atoms with Gasteiger partial charge < -0.3 is 4.52 Å². The van der Waals surface area contributed by atoms with Gasteiger partial charge in [-0.05, 0) is 29.4 Å². The van der Waals surface area contributed by atoms with E-state index in [4.69, 9.17) is 9.15 Å². The molecule has 142 valence electrons. The first-order valence-electron chi connectivity index (χ1n) is 8.52. The van der Waals surface area contributed by atoms with Crippen LogP contribution in [0, 0.1) is 16.7 Å². The van der Waals surface area contributed by atoms with Gasteiger partial charge in [0.25, 0.3) is 11.8 Å². The van der Waals surface area contributed by atoms with Crippen LogP contribution in [0.5, 0.6) is 0 Å². The Labute approximate surface area is 156 Å². The molecule has 1 heterocycles. The molecule has 2 rings (SSSR count). The van der Waals surface area contributed by atoms with Gasteiger partial charge in [-0.1, -0.05) is 53.7 Å². The largest absolute Gasteiger partial charge is 0.417 e. The molecule has 0 spiro atoms. The Morgan fingerprint density at radius 1 is 1.04 bits per heavy atom. The average molecular weight is 379 g/mol. The lowest BCUT2D eigenvalue weighted by molar-refractivity contribution is -0.144. The predicted octanol–water partition coefficient (Wildman–Crippen LogP) is 4.36. The van der Waals surface area contributed by atoms with Gasteiger partial charge >= 0.3 is 5.97 Å². The van der Waals surface area contributed by atoms with E-state index >= 15 is 0 Å². The number of imide groups is 1. The van der Waals surface area contributed by atoms with Crippen LogP contribution in [0.1, 0.15) is 68.7 Å². The summed E-state index contributed by atoms with van der Waals surface area (Å²) in [6, 6.07) is 6.48. The highest BCUT2D eigenvalue weighted by Crippen LogP contribution is 2.38. The van der Waals surface area contributed by atoms with E-state index < -0.39 is 20.8 Å². The summed E-state index contributed by atoms with van der Waals surface area (Å²) in [5, 5.41) is 0.659. The number of hydroxylamine groups is 2. The molecule has 0 aliphatic carbocycles. The zero-order chi connectivity index (χ0) is 19.7. The number of benzene rings is 1. The molecule has 0 saturated heterocycles. The molecule has 7 heteroatoms. The Morgan fingerprint density at radius 2 is 1.54 bits per heavy atom. The molecule has 0 bridgehead atoms. The first kappa shape index (κ1) is 20.5. The Hall–Kier alpha value is -1.78. The Morgan fingerprint density at radius 3 is 1.96 bits per heavy atom. The summed E-state index contributed by atoms with van der Waals surface area (Å²) in [7, 11) is -0.761. The highest BCUT2D eigenvalue weighted by atomic mass is 31.1. The summed E-state index contributed by atoms with van der Waals surface area (Å²) >= 11 is 0. The molecule has 2 atom stereocenters. The van der Waals surface area contributed by atoms with Crippen molar-refractivity contribution >= 4 is 26.8 Å². The number of rotatable bonds is 5. The quantitative estimate of drug-likeness (QED) is 0.561. The maximum Gasteiger partial charge on any atom is 0.313 e. The minimum atomic E-state index is -0.761. The van der Waals surface area contributed by atoms with Crippen molar-refractivity contribution < 1.29 is 23.5 Å². The summed E-state index contributed by atoms with van der Waals surface area (Å²) < 4.78 is 10.4. The molecule has 1 aromatic carbocycles. The molecule has 1 aliphatic heterocycles. The third kappa shape index (κ3) is 4.68. The SMILES string of the molecule is CC(C)(C)CC(C(=O)OPON1C(=O)c2ccccc2C1=O)C(C)(C)C. The second-order valence-electron chi connectivity index (χ2n) is 8.73. The molecule has 1 aliphatic rings. The third-order valence-corrected chi connectivity index (χ3v) is 4.72. The van der Waals surface area contributed by atoms with Gasteiger partial charge in [0.15, 0.2) is 0 Å². The topological polar surface area (TPSA) is 72.9 Å². The van der Waals surface area contributed by atoms with Crippen molar-refractivity contribution in [1.29, 1.82) is 0 Å². The van der Waals surface area contributed by atoms with Crippen molar-refractivity contribution in [3.8, 4) is 0 Å². The van der Waals surface area contributed by atoms with Crippen LogP contribution in [0.4, 0.5) is 0 Å². The van der Waals surface area contributed by atoms with Gasteiger partial charge in [-0.3, -0.25) is 14.4 Å². The Balaban J connectivity index is 1.98. The van der Waals surface area contributed by atoms with Gasteiger partial charge in [-0.15, -0.1) is 5.06 Å². The van der Waals surface area contributed by atoms with Crippen molar-refractivity contribution in [1.82, 2.24) is 5.06 Å². The van der Waals surface area contributed by atoms with Gasteiger partial charge in [0.1, 0.15) is 0 Å². The van der Waals surface area contributed by atoms with Crippen LogP contribution >= 0.6 is 9.03 Å². The Kier molecular flexibility index (Phi) is 5.89. The number of carbonyl (C=O) groups is 3. The van der Waals surface area contributed by atoms with Crippen molar-refractivity contribution in [2.24, 2.45) is 16.7 Å². The van der Waals surface area contributed by atoms with Crippen LogP contribution in [0.3, 0.4) is 0 Å². The molecule has 2 amide bonds. The zero-order valence-electron chi connectivity index (χ0n) is 16.1. The van der Waals surface area contributed by atoms with Gasteiger partial charge in [-0.2, -0.15) is 0 Å². The second kappa shape index (κ2) is 7.45. The Bertz CT molecular complexity index is 682. The van der Waals surface area contributed by atoms with Crippen LogP contribution in [0.25, 0.3) is 0 Å². The number of hydrogen-bond donors (Lipinski definition) is 0. The number of amides is 2. The van der Waals surface area contributed by atoms with Crippen molar-refractivity contribution in [3.63, 3.8) is 0 Å². The first-order valence-corrected chi connectivity index (χ1v) is 9.34. The van der Waals surface area contributed by atoms with Gasteiger partial charge in [0.05, 0.1) is 17.0 Å². The minimum absolute atomic E-state index is 0.0382. The number of carbonyl (C=O) groups excluding carboxylic acids is 3. The van der Waals surface area contributed by atoms with Crippen molar-refractivity contribution in [2.75, 3.05) is 0 Å². The number of hydrogen-bond acceptors (Lipinski definition) is 5. The maximum atomic E-state index is 12.5. The molecule has 26 heavy (non-hydrogen) atoms. The van der Waals surface area contributed by atoms with Crippen LogP contribution < -0.4 is 0 Å². The average Bonchev–Trinajstić information content (AvgIpc) is 2.76. The number of nitrogens with zero attached hydrogens (tertiary/aromatic N) is 1. The fourth-order valence-electron chi connectivity index (χ4n) is 2.77. The summed E-state index contributed by atoms with van der Waals surface area (Å²) in [5.41, 5.74) is 0.260. The van der Waals surface area contributed by atoms with E-state index in [2.05, 4.69) is 20.8 Å². The molecule has 6 nitrogen and oxygen atoms in total. The molecule has 2 unspecified atom stereocenters. The zero-order valence-corrected chi connectivity index (χ0v) is 17.1. The molecule has 0 aromatic heterocycles. The molecule has 0 saturated carbocycles. The van der Waals surface area contributed by atoms with Gasteiger partial charge in [0, 0.05) is 0 Å². The maximum absolute atomic E-state index is 12.5. The van der Waals surface area contributed by atoms with E-state index in [1.807, 2.05) is 20.8 Å². The lowest BCUT2D eigenvalue weighted by atomic mass is 9.72. The molecular weight excluding hydrogens is 353 g/mol. The molecular formula is C19H26NO5P. The summed E-state index contributed by atoms with van der Waals surface area (Å²) in [6.45, 7) is 12.2. The van der Waals surface area contributed by atoms with Gasteiger partial charge in [0.2, 0.25) is 9.03 Å². The fourth-order valence-corrected chi connectivity index (χ4v) is 3.28. The van der Waals surface area contributed by atoms with E-state index in [-0.39, 0.29) is 33.8 Å². The van der Waals surface area contributed by atoms with E-state index in [1.54, 1.807) is 24.3 Å². The lowest BCUT2D eigenvalue weighted by Crippen LogP contribution is -2.33. The van der Waals surface area contributed by atoms with E-state index in [9.17, 15) is 14.4 Å². The summed E-state index contributed by atoms with van der Waals surface area (Å²) in [4.78, 5) is 37.0. The monoisotopic (exact) mass is 379 g/mol. The molecule has 1 aromatic rings. The fraction of sp³-hybridized carbons (Fsp3) is 0.526. The molecule has 0 fully saturated rings. The van der Waals surface area contributed by atoms with Crippen LogP contribution in [0.2, 0.25) is 0 Å². The number of fused-ring (bicyclic) bond motifs is 1.